The average Bonchev–Trinajstić information content (AvgIpc) is 2.53. The largest absolute Gasteiger partial charge is 0.483 e. The molecule has 0 bridgehead atoms. The zero-order valence-electron chi connectivity index (χ0n) is 11.5. The lowest BCUT2D eigenvalue weighted by molar-refractivity contribution is -0.120. The highest BCUT2D eigenvalue weighted by Gasteiger charge is 2.12. The summed E-state index contributed by atoms with van der Waals surface area (Å²) in [6.45, 7) is -0.159. The second kappa shape index (κ2) is 6.90. The molecule has 0 saturated carbocycles. The fourth-order valence-corrected chi connectivity index (χ4v) is 1.96. The van der Waals surface area contributed by atoms with E-state index in [2.05, 4.69) is 0 Å². The van der Waals surface area contributed by atoms with E-state index in [9.17, 15) is 9.59 Å². The number of ether oxygens (including phenoxy) is 1. The second-order valence-electron chi connectivity index (χ2n) is 4.38. The lowest BCUT2D eigenvalue weighted by Gasteiger charge is -2.17. The van der Waals surface area contributed by atoms with Crippen LogP contribution in [-0.4, -0.2) is 25.8 Å². The molecule has 2 rings (SSSR count). The molecule has 0 atom stereocenters. The molecule has 108 valence electrons. The molecule has 2 aromatic rings. The van der Waals surface area contributed by atoms with Crippen LogP contribution < -0.4 is 9.64 Å². The molecule has 5 heteroatoms. The second-order valence-corrected chi connectivity index (χ2v) is 4.81. The number of anilines is 1. The molecule has 0 fully saturated rings. The van der Waals surface area contributed by atoms with Crippen LogP contribution in [0.3, 0.4) is 0 Å². The van der Waals surface area contributed by atoms with Crippen molar-refractivity contribution in [2.75, 3.05) is 18.6 Å². The van der Waals surface area contributed by atoms with Crippen molar-refractivity contribution in [3.63, 3.8) is 0 Å². The van der Waals surface area contributed by atoms with E-state index in [1.807, 2.05) is 30.3 Å². The normalized spacial score (nSPS) is 10.0. The van der Waals surface area contributed by atoms with Gasteiger partial charge in [0.1, 0.15) is 5.75 Å². The van der Waals surface area contributed by atoms with E-state index in [0.29, 0.717) is 22.6 Å². The number of carbonyl (C=O) groups excluding carboxylic acids is 2. The van der Waals surface area contributed by atoms with Crippen LogP contribution in [-0.2, 0) is 4.79 Å². The summed E-state index contributed by atoms with van der Waals surface area (Å²) in [6.07, 6.45) is 0.645. The summed E-state index contributed by atoms with van der Waals surface area (Å²) >= 11 is 5.80. The number of halogens is 1. The number of para-hydroxylation sites is 1. The number of hydrogen-bond acceptors (Lipinski definition) is 3. The zero-order chi connectivity index (χ0) is 15.2. The first-order valence-electron chi connectivity index (χ1n) is 6.31. The van der Waals surface area contributed by atoms with E-state index in [0.717, 1.165) is 5.69 Å². The van der Waals surface area contributed by atoms with Gasteiger partial charge in [-0.05, 0) is 30.3 Å². The van der Waals surface area contributed by atoms with E-state index in [1.54, 1.807) is 19.2 Å². The van der Waals surface area contributed by atoms with Gasteiger partial charge in [-0.2, -0.15) is 0 Å². The molecule has 0 aliphatic rings. The van der Waals surface area contributed by atoms with Crippen LogP contribution >= 0.6 is 11.6 Å². The maximum atomic E-state index is 12.1. The van der Waals surface area contributed by atoms with Crippen LogP contribution in [0.5, 0.6) is 5.75 Å². The van der Waals surface area contributed by atoms with Crippen molar-refractivity contribution in [2.24, 2.45) is 0 Å². The molecule has 4 nitrogen and oxygen atoms in total. The number of nitrogens with zero attached hydrogens (tertiary/aromatic N) is 1. The van der Waals surface area contributed by atoms with E-state index >= 15 is 0 Å². The number of amides is 1. The molecule has 0 saturated heterocycles. The Bertz CT molecular complexity index is 643. The van der Waals surface area contributed by atoms with Gasteiger partial charge in [-0.1, -0.05) is 29.8 Å². The third-order valence-corrected chi connectivity index (χ3v) is 3.20. The molecule has 1 amide bonds. The van der Waals surface area contributed by atoms with E-state index in [1.165, 1.54) is 11.0 Å². The molecule has 0 aliphatic heterocycles. The highest BCUT2D eigenvalue weighted by molar-refractivity contribution is 6.30. The van der Waals surface area contributed by atoms with Gasteiger partial charge in [0.05, 0.1) is 5.56 Å². The molecule has 2 aromatic carbocycles. The number of likely N-dealkylation sites (N-methyl/N-ethyl adjacent to an activating group) is 1. The van der Waals surface area contributed by atoms with Gasteiger partial charge in [0.15, 0.2) is 12.9 Å². The minimum Gasteiger partial charge on any atom is -0.483 e. The topological polar surface area (TPSA) is 46.6 Å². The molecule has 21 heavy (non-hydrogen) atoms. The van der Waals surface area contributed by atoms with Crippen molar-refractivity contribution in [3.8, 4) is 5.75 Å². The standard InChI is InChI=1S/C16H14ClNO3/c1-18(14-5-3-2-4-6-14)16(20)11-21-15-8-7-13(17)9-12(15)10-19/h2-10H,11H2,1H3. The molecular weight excluding hydrogens is 290 g/mol. The van der Waals surface area contributed by atoms with Gasteiger partial charge in [-0.25, -0.2) is 0 Å². The smallest absolute Gasteiger partial charge is 0.264 e. The van der Waals surface area contributed by atoms with Crippen LogP contribution in [0.1, 0.15) is 10.4 Å². The molecule has 0 aliphatic carbocycles. The highest BCUT2D eigenvalue weighted by Crippen LogP contribution is 2.21. The SMILES string of the molecule is CN(C(=O)COc1ccc(Cl)cc1C=O)c1ccccc1. The monoisotopic (exact) mass is 303 g/mol. The quantitative estimate of drug-likeness (QED) is 0.797. The maximum absolute atomic E-state index is 12.1. The summed E-state index contributed by atoms with van der Waals surface area (Å²) in [7, 11) is 1.67. The lowest BCUT2D eigenvalue weighted by atomic mass is 10.2. The molecule has 0 heterocycles. The van der Waals surface area contributed by atoms with Gasteiger partial charge in [0.25, 0.3) is 5.91 Å². The Labute approximate surface area is 127 Å². The van der Waals surface area contributed by atoms with Crippen molar-refractivity contribution >= 4 is 29.5 Å². The Morgan fingerprint density at radius 2 is 1.95 bits per heavy atom. The van der Waals surface area contributed by atoms with Crippen molar-refractivity contribution in [1.82, 2.24) is 0 Å². The maximum Gasteiger partial charge on any atom is 0.264 e. The summed E-state index contributed by atoms with van der Waals surface area (Å²) in [5.41, 5.74) is 1.09. The van der Waals surface area contributed by atoms with Crippen molar-refractivity contribution in [3.05, 3.63) is 59.1 Å². The van der Waals surface area contributed by atoms with Gasteiger partial charge >= 0.3 is 0 Å². The first kappa shape index (κ1) is 15.1. The number of aldehydes is 1. The average molecular weight is 304 g/mol. The Kier molecular flexibility index (Phi) is 4.95. The summed E-state index contributed by atoms with van der Waals surface area (Å²) in [5.74, 6) is 0.122. The minimum atomic E-state index is -0.215. The summed E-state index contributed by atoms with van der Waals surface area (Å²) < 4.78 is 5.41. The van der Waals surface area contributed by atoms with Gasteiger partial charge in [-0.3, -0.25) is 9.59 Å². The van der Waals surface area contributed by atoms with E-state index < -0.39 is 0 Å². The first-order valence-corrected chi connectivity index (χ1v) is 6.68. The van der Waals surface area contributed by atoms with Crippen LogP contribution in [0.15, 0.2) is 48.5 Å². The van der Waals surface area contributed by atoms with Crippen molar-refractivity contribution in [2.45, 2.75) is 0 Å². The molecular formula is C16H14ClNO3. The first-order chi connectivity index (χ1) is 10.1. The summed E-state index contributed by atoms with van der Waals surface area (Å²) in [5, 5.41) is 0.442. The number of carbonyl (C=O) groups is 2. The fourth-order valence-electron chi connectivity index (χ4n) is 1.77. The van der Waals surface area contributed by atoms with Crippen LogP contribution in [0.2, 0.25) is 5.02 Å². The third kappa shape index (κ3) is 3.83. The van der Waals surface area contributed by atoms with Crippen LogP contribution in [0.25, 0.3) is 0 Å². The molecule has 0 unspecified atom stereocenters. The molecule has 0 N–H and O–H groups in total. The van der Waals surface area contributed by atoms with Crippen molar-refractivity contribution < 1.29 is 14.3 Å². The van der Waals surface area contributed by atoms with E-state index in [-0.39, 0.29) is 12.5 Å². The number of benzene rings is 2. The highest BCUT2D eigenvalue weighted by atomic mass is 35.5. The predicted molar refractivity (Wildman–Crippen MR) is 82.2 cm³/mol. The molecule has 0 spiro atoms. The van der Waals surface area contributed by atoms with Gasteiger partial charge in [0, 0.05) is 17.8 Å². The van der Waals surface area contributed by atoms with Crippen LogP contribution in [0, 0.1) is 0 Å². The summed E-state index contributed by atoms with van der Waals surface area (Å²) in [4.78, 5) is 24.5. The Hall–Kier alpha value is -2.33. The Morgan fingerprint density at radius 1 is 1.24 bits per heavy atom. The van der Waals surface area contributed by atoms with Gasteiger partial charge < -0.3 is 9.64 Å². The third-order valence-electron chi connectivity index (χ3n) is 2.97. The van der Waals surface area contributed by atoms with Crippen LogP contribution in [0.4, 0.5) is 5.69 Å². The van der Waals surface area contributed by atoms with Gasteiger partial charge in [-0.15, -0.1) is 0 Å². The zero-order valence-corrected chi connectivity index (χ0v) is 12.2. The summed E-state index contributed by atoms with van der Waals surface area (Å²) in [6, 6.07) is 13.9. The molecule has 0 aromatic heterocycles. The fraction of sp³-hybridized carbons (Fsp3) is 0.125. The number of hydrogen-bond donors (Lipinski definition) is 0. The molecule has 0 radical (unpaired) electrons. The minimum absolute atomic E-state index is 0.159. The van der Waals surface area contributed by atoms with E-state index in [4.69, 9.17) is 16.3 Å². The van der Waals surface area contributed by atoms with Gasteiger partial charge in [0.2, 0.25) is 0 Å². The Balaban J connectivity index is 2.03. The van der Waals surface area contributed by atoms with Crippen molar-refractivity contribution in [1.29, 1.82) is 0 Å². The lowest BCUT2D eigenvalue weighted by Crippen LogP contribution is -2.31. The predicted octanol–water partition coefficient (Wildman–Crippen LogP) is 3.19. The Morgan fingerprint density at radius 3 is 2.62 bits per heavy atom. The number of rotatable bonds is 5.